The lowest BCUT2D eigenvalue weighted by molar-refractivity contribution is 0.415. The molecule has 0 fully saturated rings. The fraction of sp³-hybridized carbons (Fsp3) is 0.0435. The molecule has 0 bridgehead atoms. The second kappa shape index (κ2) is 8.08. The number of halogens is 1. The Labute approximate surface area is 181 Å². The molecule has 0 aliphatic rings. The van der Waals surface area contributed by atoms with Gasteiger partial charge >= 0.3 is 0 Å². The van der Waals surface area contributed by atoms with Crippen LogP contribution in [0.2, 0.25) is 0 Å². The highest BCUT2D eigenvalue weighted by Crippen LogP contribution is 2.32. The van der Waals surface area contributed by atoms with Crippen molar-refractivity contribution in [1.29, 1.82) is 0 Å². The number of benzene rings is 2. The van der Waals surface area contributed by atoms with Gasteiger partial charge in [0.15, 0.2) is 11.0 Å². The molecule has 3 aromatic heterocycles. The van der Waals surface area contributed by atoms with E-state index in [4.69, 9.17) is 9.72 Å². The van der Waals surface area contributed by atoms with Gasteiger partial charge in [0.2, 0.25) is 0 Å². The molecular weight excluding hydrogens is 413 g/mol. The van der Waals surface area contributed by atoms with Crippen LogP contribution in [0.5, 0.6) is 5.75 Å². The molecule has 0 saturated carbocycles. The average Bonchev–Trinajstić information content (AvgIpc) is 3.28. The second-order valence-corrected chi connectivity index (χ2v) is 7.55. The van der Waals surface area contributed by atoms with Gasteiger partial charge in [-0.2, -0.15) is 0 Å². The fourth-order valence-electron chi connectivity index (χ4n) is 3.17. The van der Waals surface area contributed by atoms with Crippen LogP contribution in [0.4, 0.5) is 15.3 Å². The molecule has 8 heteroatoms. The largest absolute Gasteiger partial charge is 0.497 e. The van der Waals surface area contributed by atoms with Gasteiger partial charge in [-0.05, 0) is 42.5 Å². The third-order valence-electron chi connectivity index (χ3n) is 4.67. The molecule has 0 amide bonds. The molecule has 152 valence electrons. The highest BCUT2D eigenvalue weighted by Gasteiger charge is 2.13. The van der Waals surface area contributed by atoms with Crippen molar-refractivity contribution in [2.75, 3.05) is 12.4 Å². The molecule has 31 heavy (non-hydrogen) atoms. The van der Waals surface area contributed by atoms with Crippen molar-refractivity contribution in [1.82, 2.24) is 19.9 Å². The first-order valence-corrected chi connectivity index (χ1v) is 10.3. The van der Waals surface area contributed by atoms with E-state index in [2.05, 4.69) is 20.3 Å². The summed E-state index contributed by atoms with van der Waals surface area (Å²) in [4.78, 5) is 18.2. The summed E-state index contributed by atoms with van der Waals surface area (Å²) in [7, 11) is 1.62. The van der Waals surface area contributed by atoms with Crippen molar-refractivity contribution in [3.05, 3.63) is 78.2 Å². The van der Waals surface area contributed by atoms with E-state index in [1.165, 1.54) is 23.5 Å². The standard InChI is InChI=1S/C23H16FN5OS/c1-30-17-7-8-19-18(11-17)22(28-21(26-19)15-5-3-9-25-12-15)29-23-27-20(13-31-23)14-4-2-6-16(24)10-14/h2-13H,1H3,(H,26,27,28,29). The number of nitrogens with zero attached hydrogens (tertiary/aromatic N) is 4. The van der Waals surface area contributed by atoms with Crippen molar-refractivity contribution in [3.8, 4) is 28.4 Å². The zero-order valence-corrected chi connectivity index (χ0v) is 17.2. The van der Waals surface area contributed by atoms with E-state index < -0.39 is 0 Å². The Hall–Kier alpha value is -3.91. The number of hydrogen-bond acceptors (Lipinski definition) is 7. The van der Waals surface area contributed by atoms with Crippen LogP contribution in [0, 0.1) is 5.82 Å². The van der Waals surface area contributed by atoms with Gasteiger partial charge in [-0.3, -0.25) is 4.98 Å². The number of anilines is 2. The first-order chi connectivity index (χ1) is 15.2. The Morgan fingerprint density at radius 3 is 2.68 bits per heavy atom. The summed E-state index contributed by atoms with van der Waals surface area (Å²) in [5.41, 5.74) is 2.98. The number of nitrogens with one attached hydrogen (secondary N) is 1. The van der Waals surface area contributed by atoms with Crippen LogP contribution >= 0.6 is 11.3 Å². The molecule has 5 rings (SSSR count). The van der Waals surface area contributed by atoms with Crippen LogP contribution in [0.1, 0.15) is 0 Å². The van der Waals surface area contributed by atoms with Gasteiger partial charge in [0, 0.05) is 34.3 Å². The maximum atomic E-state index is 13.6. The van der Waals surface area contributed by atoms with Crippen molar-refractivity contribution in [3.63, 3.8) is 0 Å². The van der Waals surface area contributed by atoms with Crippen LogP contribution in [-0.2, 0) is 0 Å². The number of ether oxygens (including phenoxy) is 1. The molecule has 6 nitrogen and oxygen atoms in total. The lowest BCUT2D eigenvalue weighted by Crippen LogP contribution is -2.00. The monoisotopic (exact) mass is 429 g/mol. The summed E-state index contributed by atoms with van der Waals surface area (Å²) in [6.07, 6.45) is 3.43. The normalized spacial score (nSPS) is 10.9. The number of pyridine rings is 1. The van der Waals surface area contributed by atoms with Gasteiger partial charge < -0.3 is 10.1 Å². The number of fused-ring (bicyclic) bond motifs is 1. The zero-order chi connectivity index (χ0) is 21.2. The molecule has 0 atom stereocenters. The molecule has 0 aliphatic carbocycles. The molecule has 1 N–H and O–H groups in total. The van der Waals surface area contributed by atoms with E-state index in [0.29, 0.717) is 28.2 Å². The van der Waals surface area contributed by atoms with Gasteiger partial charge in [0.05, 0.1) is 18.3 Å². The van der Waals surface area contributed by atoms with Crippen LogP contribution in [0.3, 0.4) is 0 Å². The van der Waals surface area contributed by atoms with E-state index in [1.807, 2.05) is 41.8 Å². The summed E-state index contributed by atoms with van der Waals surface area (Å²) in [5.74, 6) is 1.56. The first kappa shape index (κ1) is 19.1. The van der Waals surface area contributed by atoms with Crippen LogP contribution in [0.15, 0.2) is 72.4 Å². The van der Waals surface area contributed by atoms with E-state index >= 15 is 0 Å². The molecule has 2 aromatic carbocycles. The third-order valence-corrected chi connectivity index (χ3v) is 5.43. The van der Waals surface area contributed by atoms with Crippen molar-refractivity contribution in [2.45, 2.75) is 0 Å². The maximum absolute atomic E-state index is 13.6. The number of methoxy groups -OCH3 is 1. The minimum absolute atomic E-state index is 0.296. The van der Waals surface area contributed by atoms with E-state index in [1.54, 1.807) is 25.6 Å². The highest BCUT2D eigenvalue weighted by atomic mass is 32.1. The minimum atomic E-state index is -0.296. The summed E-state index contributed by atoms with van der Waals surface area (Å²) < 4.78 is 19.0. The number of aromatic nitrogens is 4. The summed E-state index contributed by atoms with van der Waals surface area (Å²) in [6, 6.07) is 15.8. The van der Waals surface area contributed by atoms with Gasteiger partial charge in [0.1, 0.15) is 17.4 Å². The van der Waals surface area contributed by atoms with Gasteiger partial charge in [-0.25, -0.2) is 19.3 Å². The summed E-state index contributed by atoms with van der Waals surface area (Å²) in [6.45, 7) is 0. The lowest BCUT2D eigenvalue weighted by Gasteiger charge is -2.10. The first-order valence-electron chi connectivity index (χ1n) is 9.44. The lowest BCUT2D eigenvalue weighted by atomic mass is 10.2. The topological polar surface area (TPSA) is 72.8 Å². The molecule has 5 aromatic rings. The highest BCUT2D eigenvalue weighted by molar-refractivity contribution is 7.14. The molecule has 0 saturated heterocycles. The SMILES string of the molecule is COc1ccc2nc(-c3cccnc3)nc(Nc3nc(-c4cccc(F)c4)cs3)c2c1. The third kappa shape index (κ3) is 3.93. The maximum Gasteiger partial charge on any atom is 0.188 e. The Bertz CT molecular complexity index is 1370. The molecule has 0 radical (unpaired) electrons. The smallest absolute Gasteiger partial charge is 0.188 e. The van der Waals surface area contributed by atoms with E-state index in [0.717, 1.165) is 22.0 Å². The molecule has 0 unspecified atom stereocenters. The fourth-order valence-corrected chi connectivity index (χ4v) is 3.89. The predicted octanol–water partition coefficient (Wildman–Crippen LogP) is 5.71. The van der Waals surface area contributed by atoms with Crippen molar-refractivity contribution < 1.29 is 9.13 Å². The zero-order valence-electron chi connectivity index (χ0n) is 16.4. The Balaban J connectivity index is 1.58. The van der Waals surface area contributed by atoms with Crippen molar-refractivity contribution >= 4 is 33.2 Å². The van der Waals surface area contributed by atoms with Gasteiger partial charge in [-0.15, -0.1) is 11.3 Å². The molecule has 0 spiro atoms. The quantitative estimate of drug-likeness (QED) is 0.386. The second-order valence-electron chi connectivity index (χ2n) is 6.69. The van der Waals surface area contributed by atoms with Crippen LogP contribution < -0.4 is 10.1 Å². The Morgan fingerprint density at radius 2 is 1.87 bits per heavy atom. The van der Waals surface area contributed by atoms with Crippen LogP contribution in [-0.4, -0.2) is 27.0 Å². The summed E-state index contributed by atoms with van der Waals surface area (Å²) in [5, 5.41) is 6.62. The molecule has 0 aliphatic heterocycles. The minimum Gasteiger partial charge on any atom is -0.497 e. The molecular formula is C23H16FN5OS. The summed E-state index contributed by atoms with van der Waals surface area (Å²) >= 11 is 1.42. The number of hydrogen-bond donors (Lipinski definition) is 1. The Morgan fingerprint density at radius 1 is 0.968 bits per heavy atom. The van der Waals surface area contributed by atoms with E-state index in [-0.39, 0.29) is 5.82 Å². The predicted molar refractivity (Wildman–Crippen MR) is 120 cm³/mol. The number of rotatable bonds is 5. The number of thiazole rings is 1. The van der Waals surface area contributed by atoms with Gasteiger partial charge in [-0.1, -0.05) is 12.1 Å². The average molecular weight is 429 g/mol. The van der Waals surface area contributed by atoms with Crippen LogP contribution in [0.25, 0.3) is 33.5 Å². The van der Waals surface area contributed by atoms with E-state index in [9.17, 15) is 4.39 Å². The van der Waals surface area contributed by atoms with Gasteiger partial charge in [0.25, 0.3) is 0 Å². The van der Waals surface area contributed by atoms with Crippen molar-refractivity contribution in [2.24, 2.45) is 0 Å². The molecule has 3 heterocycles. The Kier molecular flexibility index (Phi) is 4.97.